The van der Waals surface area contributed by atoms with Gasteiger partial charge in [-0.05, 0) is 30.8 Å². The van der Waals surface area contributed by atoms with Gasteiger partial charge in [-0.2, -0.15) is 0 Å². The summed E-state index contributed by atoms with van der Waals surface area (Å²) in [5.74, 6) is -1.77. The van der Waals surface area contributed by atoms with E-state index >= 15 is 0 Å². The topological polar surface area (TPSA) is 12.0 Å². The van der Waals surface area contributed by atoms with Crippen LogP contribution in [-0.2, 0) is 0 Å². The van der Waals surface area contributed by atoms with Crippen molar-refractivity contribution in [2.45, 2.75) is 6.04 Å². The molecule has 0 aliphatic heterocycles. The van der Waals surface area contributed by atoms with Gasteiger partial charge < -0.3 is 5.32 Å². The zero-order valence-corrected chi connectivity index (χ0v) is 9.75. The van der Waals surface area contributed by atoms with Crippen LogP contribution < -0.4 is 5.32 Å². The molecular weight excluding hydrogens is 239 g/mol. The zero-order valence-electron chi connectivity index (χ0n) is 9.75. The van der Waals surface area contributed by atoms with Gasteiger partial charge in [0.1, 0.15) is 17.5 Å². The van der Waals surface area contributed by atoms with Crippen LogP contribution in [0.4, 0.5) is 13.2 Å². The summed E-state index contributed by atoms with van der Waals surface area (Å²) in [4.78, 5) is 0. The summed E-state index contributed by atoms with van der Waals surface area (Å²) >= 11 is 0. The number of benzene rings is 2. The number of hydrogen-bond donors (Lipinski definition) is 1. The normalized spacial score (nSPS) is 12.4. The lowest BCUT2D eigenvalue weighted by molar-refractivity contribution is 0.556. The summed E-state index contributed by atoms with van der Waals surface area (Å²) in [7, 11) is 1.61. The van der Waals surface area contributed by atoms with Crippen molar-refractivity contribution in [1.29, 1.82) is 0 Å². The van der Waals surface area contributed by atoms with Gasteiger partial charge in [0.05, 0.1) is 6.04 Å². The van der Waals surface area contributed by atoms with Crippen LogP contribution in [0.2, 0.25) is 0 Å². The van der Waals surface area contributed by atoms with E-state index in [1.807, 2.05) is 0 Å². The molecule has 0 saturated carbocycles. The highest BCUT2D eigenvalue weighted by Crippen LogP contribution is 2.25. The van der Waals surface area contributed by atoms with Crippen molar-refractivity contribution < 1.29 is 13.2 Å². The Morgan fingerprint density at radius 3 is 2.11 bits per heavy atom. The Morgan fingerprint density at radius 2 is 1.56 bits per heavy atom. The third-order valence-electron chi connectivity index (χ3n) is 2.72. The summed E-state index contributed by atoms with van der Waals surface area (Å²) < 4.78 is 40.0. The summed E-state index contributed by atoms with van der Waals surface area (Å²) in [6.45, 7) is 0. The fraction of sp³-hybridized carbons (Fsp3) is 0.143. The van der Waals surface area contributed by atoms with Crippen molar-refractivity contribution in [3.63, 3.8) is 0 Å². The lowest BCUT2D eigenvalue weighted by Gasteiger charge is -2.18. The SMILES string of the molecule is CNC(c1cc(F)cc(F)c1)c1ccccc1F. The molecule has 2 aromatic carbocycles. The smallest absolute Gasteiger partial charge is 0.128 e. The van der Waals surface area contributed by atoms with E-state index in [0.717, 1.165) is 6.07 Å². The molecule has 1 unspecified atom stereocenters. The maximum absolute atomic E-state index is 13.7. The van der Waals surface area contributed by atoms with Crippen LogP contribution in [0.5, 0.6) is 0 Å². The van der Waals surface area contributed by atoms with Crippen LogP contribution in [0.25, 0.3) is 0 Å². The quantitative estimate of drug-likeness (QED) is 0.881. The minimum absolute atomic E-state index is 0.347. The van der Waals surface area contributed by atoms with E-state index in [1.54, 1.807) is 25.2 Å². The first kappa shape index (κ1) is 12.6. The predicted molar refractivity (Wildman–Crippen MR) is 63.7 cm³/mol. The molecule has 2 aromatic rings. The van der Waals surface area contributed by atoms with Crippen LogP contribution in [0, 0.1) is 17.5 Å². The van der Waals surface area contributed by atoms with Crippen molar-refractivity contribution >= 4 is 0 Å². The molecule has 0 fully saturated rings. The van der Waals surface area contributed by atoms with Crippen LogP contribution in [0.1, 0.15) is 17.2 Å². The highest BCUT2D eigenvalue weighted by Gasteiger charge is 2.17. The molecule has 1 atom stereocenters. The first-order chi connectivity index (χ1) is 8.61. The van der Waals surface area contributed by atoms with Gasteiger partial charge in [-0.15, -0.1) is 0 Å². The minimum atomic E-state index is -0.679. The van der Waals surface area contributed by atoms with Gasteiger partial charge in [0.15, 0.2) is 0 Å². The highest BCUT2D eigenvalue weighted by molar-refractivity contribution is 5.33. The Morgan fingerprint density at radius 1 is 0.944 bits per heavy atom. The van der Waals surface area contributed by atoms with Gasteiger partial charge in [0.25, 0.3) is 0 Å². The number of nitrogens with one attached hydrogen (secondary N) is 1. The van der Waals surface area contributed by atoms with Gasteiger partial charge in [0.2, 0.25) is 0 Å². The average Bonchev–Trinajstić information content (AvgIpc) is 2.31. The van der Waals surface area contributed by atoms with E-state index in [0.29, 0.717) is 11.1 Å². The van der Waals surface area contributed by atoms with Gasteiger partial charge in [0, 0.05) is 11.6 Å². The largest absolute Gasteiger partial charge is 0.309 e. The highest BCUT2D eigenvalue weighted by atomic mass is 19.1. The summed E-state index contributed by atoms with van der Waals surface area (Å²) in [5, 5.41) is 2.86. The van der Waals surface area contributed by atoms with E-state index in [9.17, 15) is 13.2 Å². The minimum Gasteiger partial charge on any atom is -0.309 e. The van der Waals surface area contributed by atoms with E-state index < -0.39 is 23.5 Å². The molecule has 0 radical (unpaired) electrons. The van der Waals surface area contributed by atoms with Crippen LogP contribution >= 0.6 is 0 Å². The summed E-state index contributed by atoms with van der Waals surface area (Å²) in [5.41, 5.74) is 0.699. The van der Waals surface area contributed by atoms with E-state index in [1.165, 1.54) is 18.2 Å². The van der Waals surface area contributed by atoms with E-state index in [4.69, 9.17) is 0 Å². The Labute approximate surface area is 103 Å². The molecule has 0 aliphatic rings. The van der Waals surface area contributed by atoms with Crippen LogP contribution in [0.15, 0.2) is 42.5 Å². The lowest BCUT2D eigenvalue weighted by Crippen LogP contribution is -2.19. The Kier molecular flexibility index (Phi) is 3.67. The second kappa shape index (κ2) is 5.23. The van der Waals surface area contributed by atoms with Crippen molar-refractivity contribution in [3.8, 4) is 0 Å². The second-order valence-corrected chi connectivity index (χ2v) is 3.95. The second-order valence-electron chi connectivity index (χ2n) is 3.95. The van der Waals surface area contributed by atoms with Crippen molar-refractivity contribution in [1.82, 2.24) is 5.32 Å². The van der Waals surface area contributed by atoms with Crippen LogP contribution in [0.3, 0.4) is 0 Å². The van der Waals surface area contributed by atoms with Gasteiger partial charge >= 0.3 is 0 Å². The maximum Gasteiger partial charge on any atom is 0.128 e. The monoisotopic (exact) mass is 251 g/mol. The first-order valence-corrected chi connectivity index (χ1v) is 5.49. The average molecular weight is 251 g/mol. The van der Waals surface area contributed by atoms with Crippen molar-refractivity contribution in [2.75, 3.05) is 7.05 Å². The fourth-order valence-corrected chi connectivity index (χ4v) is 1.95. The third kappa shape index (κ3) is 2.54. The fourth-order valence-electron chi connectivity index (χ4n) is 1.95. The molecule has 4 heteroatoms. The molecule has 0 amide bonds. The summed E-state index contributed by atoms with van der Waals surface area (Å²) in [6.07, 6.45) is 0. The Balaban J connectivity index is 2.48. The zero-order chi connectivity index (χ0) is 13.1. The summed E-state index contributed by atoms with van der Waals surface area (Å²) in [6, 6.07) is 8.73. The van der Waals surface area contributed by atoms with E-state index in [2.05, 4.69) is 5.32 Å². The molecule has 1 N–H and O–H groups in total. The van der Waals surface area contributed by atoms with Gasteiger partial charge in [-0.25, -0.2) is 13.2 Å². The molecule has 1 nitrogen and oxygen atoms in total. The van der Waals surface area contributed by atoms with E-state index in [-0.39, 0.29) is 0 Å². The van der Waals surface area contributed by atoms with Crippen LogP contribution in [-0.4, -0.2) is 7.05 Å². The molecule has 2 rings (SSSR count). The van der Waals surface area contributed by atoms with Gasteiger partial charge in [-0.1, -0.05) is 18.2 Å². The van der Waals surface area contributed by atoms with Gasteiger partial charge in [-0.3, -0.25) is 0 Å². The Hall–Kier alpha value is -1.81. The molecular formula is C14H12F3N. The third-order valence-corrected chi connectivity index (χ3v) is 2.72. The number of halogens is 3. The number of rotatable bonds is 3. The first-order valence-electron chi connectivity index (χ1n) is 5.49. The maximum atomic E-state index is 13.7. The molecule has 0 aromatic heterocycles. The lowest BCUT2D eigenvalue weighted by atomic mass is 9.98. The number of hydrogen-bond acceptors (Lipinski definition) is 1. The molecule has 0 bridgehead atoms. The molecule has 18 heavy (non-hydrogen) atoms. The standard InChI is InChI=1S/C14H12F3N/c1-18-14(12-4-2-3-5-13(12)17)9-6-10(15)8-11(16)7-9/h2-8,14,18H,1H3. The molecule has 0 spiro atoms. The Bertz CT molecular complexity index is 534. The van der Waals surface area contributed by atoms with Crippen molar-refractivity contribution in [2.24, 2.45) is 0 Å². The van der Waals surface area contributed by atoms with Crippen molar-refractivity contribution in [3.05, 3.63) is 71.0 Å². The molecule has 0 saturated heterocycles. The molecule has 94 valence electrons. The molecule has 0 heterocycles. The molecule has 0 aliphatic carbocycles. The predicted octanol–water partition coefficient (Wildman–Crippen LogP) is 3.41.